The molecule has 0 aliphatic rings. The first-order valence-corrected chi connectivity index (χ1v) is 11.0. The van der Waals surface area contributed by atoms with Crippen LogP contribution in [0.25, 0.3) is 0 Å². The van der Waals surface area contributed by atoms with Gasteiger partial charge in [0.2, 0.25) is 0 Å². The highest BCUT2D eigenvalue weighted by atomic mass is 31.2. The van der Waals surface area contributed by atoms with E-state index in [-0.39, 0.29) is 0 Å². The molecule has 16 heteroatoms. The summed E-state index contributed by atoms with van der Waals surface area (Å²) in [4.78, 5) is 0. The van der Waals surface area contributed by atoms with Crippen LogP contribution in [-0.2, 0) is 17.8 Å². The molecule has 4 nitrogen and oxygen atoms in total. The maximum Gasteiger partial charge on any atom is 0.474 e. The Morgan fingerprint density at radius 1 is 0.760 bits per heavy atom. The zero-order chi connectivity index (χ0) is 20.5. The second-order valence-electron chi connectivity index (χ2n) is 5.54. The number of halogens is 10. The van der Waals surface area contributed by atoms with Crippen molar-refractivity contribution in [3.8, 4) is 0 Å². The molecule has 0 bridgehead atoms. The SMILES string of the molecule is C[Si](C)(C)OP(=O)(OC(F)(F)C(F)(F)CF)OC(F)(F)C(F)(F)CF. The number of phosphoric acid groups is 1. The van der Waals surface area contributed by atoms with Crippen molar-refractivity contribution in [3.05, 3.63) is 0 Å². The predicted molar refractivity (Wildman–Crippen MR) is 65.9 cm³/mol. The maximum atomic E-state index is 13.2. The summed E-state index contributed by atoms with van der Waals surface area (Å²) in [6, 6.07) is 0. The van der Waals surface area contributed by atoms with E-state index in [9.17, 15) is 48.5 Å². The lowest BCUT2D eigenvalue weighted by Crippen LogP contribution is -2.47. The standard InChI is InChI=1S/C9H13F10O4PSi/c1-25(2,3)23-24(20,21-8(16,17)6(12,13)4-10)22-9(18,19)7(14,15)5-11/h4-5H2,1-3H3. The molecule has 0 unspecified atom stereocenters. The van der Waals surface area contributed by atoms with E-state index in [0.717, 1.165) is 19.6 Å². The van der Waals surface area contributed by atoms with Crippen molar-refractivity contribution in [2.45, 2.75) is 43.7 Å². The van der Waals surface area contributed by atoms with Crippen LogP contribution in [0.2, 0.25) is 19.6 Å². The van der Waals surface area contributed by atoms with Gasteiger partial charge in [-0.25, -0.2) is 22.4 Å². The highest BCUT2D eigenvalue weighted by Gasteiger charge is 2.67. The molecule has 0 N–H and O–H groups in total. The van der Waals surface area contributed by atoms with Crippen LogP contribution >= 0.6 is 7.82 Å². The van der Waals surface area contributed by atoms with Gasteiger partial charge in [-0.2, -0.15) is 35.1 Å². The van der Waals surface area contributed by atoms with Crippen LogP contribution in [0.1, 0.15) is 0 Å². The highest BCUT2D eigenvalue weighted by Crippen LogP contribution is 2.62. The Balaban J connectivity index is 5.89. The summed E-state index contributed by atoms with van der Waals surface area (Å²) in [5.74, 6) is -11.3. The molecule has 0 radical (unpaired) electrons. The van der Waals surface area contributed by atoms with Crippen molar-refractivity contribution in [1.29, 1.82) is 0 Å². The van der Waals surface area contributed by atoms with E-state index in [0.29, 0.717) is 0 Å². The molecule has 0 saturated heterocycles. The maximum absolute atomic E-state index is 13.2. The lowest BCUT2D eigenvalue weighted by Gasteiger charge is -2.33. The molecule has 0 spiro atoms. The van der Waals surface area contributed by atoms with E-state index in [1.54, 1.807) is 0 Å². The normalized spacial score (nSPS) is 15.6. The summed E-state index contributed by atoms with van der Waals surface area (Å²) in [5, 5.41) is 0. The number of rotatable bonds is 10. The first-order chi connectivity index (χ1) is 10.7. The van der Waals surface area contributed by atoms with Crippen LogP contribution in [-0.4, -0.2) is 45.7 Å². The molecule has 0 aromatic rings. The number of hydrogen-bond donors (Lipinski definition) is 0. The fraction of sp³-hybridized carbons (Fsp3) is 1.00. The van der Waals surface area contributed by atoms with Crippen LogP contribution < -0.4 is 0 Å². The molecule has 0 heterocycles. The minimum atomic E-state index is -6.53. The first kappa shape index (κ1) is 24.6. The summed E-state index contributed by atoms with van der Waals surface area (Å²) in [7, 11) is -10.0. The third kappa shape index (κ3) is 6.38. The third-order valence-corrected chi connectivity index (χ3v) is 6.02. The van der Waals surface area contributed by atoms with Crippen molar-refractivity contribution >= 4 is 16.1 Å². The molecule has 0 aromatic carbocycles. The fourth-order valence-corrected chi connectivity index (χ4v) is 4.81. The van der Waals surface area contributed by atoms with Gasteiger partial charge >= 0.3 is 31.9 Å². The van der Waals surface area contributed by atoms with Crippen molar-refractivity contribution in [1.82, 2.24) is 0 Å². The molecule has 152 valence electrons. The lowest BCUT2D eigenvalue weighted by atomic mass is 10.3. The first-order valence-electron chi connectivity index (χ1n) is 6.10. The van der Waals surface area contributed by atoms with E-state index < -0.39 is 53.6 Å². The van der Waals surface area contributed by atoms with E-state index in [1.165, 1.54) is 0 Å². The lowest BCUT2D eigenvalue weighted by molar-refractivity contribution is -0.342. The quantitative estimate of drug-likeness (QED) is 0.263. The largest absolute Gasteiger partial charge is 0.474 e. The molecule has 0 aromatic heterocycles. The van der Waals surface area contributed by atoms with Crippen molar-refractivity contribution < 1.29 is 61.7 Å². The minimum absolute atomic E-state index is 0.989. The Labute approximate surface area is 136 Å². The molecular formula is C9H13F10O4PSi. The fourth-order valence-electron chi connectivity index (χ4n) is 0.961. The summed E-state index contributed by atoms with van der Waals surface area (Å²) < 4.78 is 150. The van der Waals surface area contributed by atoms with Crippen molar-refractivity contribution in [3.63, 3.8) is 0 Å². The van der Waals surface area contributed by atoms with Crippen LogP contribution in [0.15, 0.2) is 0 Å². The monoisotopic (exact) mass is 434 g/mol. The Morgan fingerprint density at radius 2 is 1.04 bits per heavy atom. The van der Waals surface area contributed by atoms with Gasteiger partial charge in [-0.15, -0.1) is 0 Å². The molecule has 0 saturated carbocycles. The average molecular weight is 434 g/mol. The summed E-state index contributed by atoms with van der Waals surface area (Å²) in [6.45, 7) is -3.19. The third-order valence-electron chi connectivity index (χ3n) is 2.03. The van der Waals surface area contributed by atoms with Crippen LogP contribution in [0.4, 0.5) is 43.9 Å². The van der Waals surface area contributed by atoms with Gasteiger partial charge in [0, 0.05) is 0 Å². The van der Waals surface area contributed by atoms with Gasteiger partial charge in [-0.05, 0) is 19.6 Å². The molecule has 0 aliphatic heterocycles. The Morgan fingerprint density at radius 3 is 1.24 bits per heavy atom. The topological polar surface area (TPSA) is 44.8 Å². The number of phosphoric ester groups is 1. The van der Waals surface area contributed by atoms with Gasteiger partial charge in [-0.3, -0.25) is 0 Å². The van der Waals surface area contributed by atoms with Crippen LogP contribution in [0.5, 0.6) is 0 Å². The zero-order valence-electron chi connectivity index (χ0n) is 12.8. The highest BCUT2D eigenvalue weighted by molar-refractivity contribution is 7.50. The minimum Gasteiger partial charge on any atom is -0.330 e. The van der Waals surface area contributed by atoms with E-state index in [1.807, 2.05) is 0 Å². The zero-order valence-corrected chi connectivity index (χ0v) is 14.7. The Hall–Kier alpha value is -0.373. The van der Waals surface area contributed by atoms with Crippen molar-refractivity contribution in [2.75, 3.05) is 13.3 Å². The predicted octanol–water partition coefficient (Wildman–Crippen LogP) is 5.37. The summed E-state index contributed by atoms with van der Waals surface area (Å²) >= 11 is 0. The molecule has 25 heavy (non-hydrogen) atoms. The molecule has 0 atom stereocenters. The molecule has 0 aliphatic carbocycles. The van der Waals surface area contributed by atoms with Gasteiger partial charge in [0.25, 0.3) is 0 Å². The number of hydrogen-bond acceptors (Lipinski definition) is 4. The second kappa shape index (κ2) is 7.33. The molecule has 0 fully saturated rings. The van der Waals surface area contributed by atoms with E-state index in [4.69, 9.17) is 0 Å². The molecular weight excluding hydrogens is 421 g/mol. The van der Waals surface area contributed by atoms with E-state index in [2.05, 4.69) is 13.3 Å². The van der Waals surface area contributed by atoms with Gasteiger partial charge in [-0.1, -0.05) is 0 Å². The van der Waals surface area contributed by atoms with Gasteiger partial charge in [0.1, 0.15) is 0 Å². The van der Waals surface area contributed by atoms with Crippen LogP contribution in [0.3, 0.4) is 0 Å². The van der Waals surface area contributed by atoms with Crippen molar-refractivity contribution in [2.24, 2.45) is 0 Å². The van der Waals surface area contributed by atoms with Gasteiger partial charge in [0.15, 0.2) is 21.7 Å². The molecule has 0 rings (SSSR count). The average Bonchev–Trinajstić information content (AvgIpc) is 2.33. The summed E-state index contributed by atoms with van der Waals surface area (Å²) in [6.07, 6.45) is -12.1. The Bertz CT molecular complexity index is 475. The smallest absolute Gasteiger partial charge is 0.330 e. The number of alkyl halides is 10. The summed E-state index contributed by atoms with van der Waals surface area (Å²) in [5.41, 5.74) is 0. The van der Waals surface area contributed by atoms with Gasteiger partial charge < -0.3 is 4.21 Å². The second-order valence-corrected chi connectivity index (χ2v) is 11.8. The van der Waals surface area contributed by atoms with E-state index >= 15 is 0 Å². The molecule has 0 amide bonds. The van der Waals surface area contributed by atoms with Gasteiger partial charge in [0.05, 0.1) is 0 Å². The Kier molecular flexibility index (Phi) is 7.22. The van der Waals surface area contributed by atoms with Crippen LogP contribution in [0, 0.1) is 0 Å².